The van der Waals surface area contributed by atoms with E-state index in [-0.39, 0.29) is 17.0 Å². The highest BCUT2D eigenvalue weighted by molar-refractivity contribution is 5.70. The molecular formula is C31H36F4N2O4. The molecule has 0 saturated heterocycles. The van der Waals surface area contributed by atoms with Gasteiger partial charge in [0.2, 0.25) is 0 Å². The molecule has 2 N–H and O–H groups in total. The molecule has 0 bridgehead atoms. The molecular weight excluding hydrogens is 540 g/mol. The highest BCUT2D eigenvalue weighted by Gasteiger charge is 2.48. The lowest BCUT2D eigenvalue weighted by atomic mass is 9.88. The second-order valence-corrected chi connectivity index (χ2v) is 9.66. The molecule has 0 spiro atoms. The van der Waals surface area contributed by atoms with Crippen molar-refractivity contribution in [1.82, 2.24) is 4.98 Å². The lowest BCUT2D eigenvalue weighted by Gasteiger charge is -2.29. The van der Waals surface area contributed by atoms with Crippen LogP contribution in [-0.4, -0.2) is 38.6 Å². The Bertz CT molecular complexity index is 1320. The zero-order chi connectivity index (χ0) is 30.2. The highest BCUT2D eigenvalue weighted by Crippen LogP contribution is 2.49. The molecule has 1 aliphatic rings. The molecule has 2 aromatic carbocycles. The van der Waals surface area contributed by atoms with Crippen molar-refractivity contribution >= 4 is 0 Å². The first-order chi connectivity index (χ1) is 19.5. The Labute approximate surface area is 238 Å². The van der Waals surface area contributed by atoms with Crippen LogP contribution < -0.4 is 19.9 Å². The Balaban J connectivity index is 0.00000108. The number of methoxy groups -OCH3 is 2. The molecule has 0 radical (unpaired) electrons. The third kappa shape index (κ3) is 7.49. The molecule has 1 aliphatic heterocycles. The summed E-state index contributed by atoms with van der Waals surface area (Å²) in [6.45, 7) is 5.64. The van der Waals surface area contributed by atoms with Crippen molar-refractivity contribution in [3.05, 3.63) is 83.4 Å². The van der Waals surface area contributed by atoms with Gasteiger partial charge in [-0.05, 0) is 74.5 Å². The molecule has 0 fully saturated rings. The van der Waals surface area contributed by atoms with Crippen LogP contribution in [0.4, 0.5) is 17.6 Å². The fourth-order valence-corrected chi connectivity index (χ4v) is 4.38. The van der Waals surface area contributed by atoms with Gasteiger partial charge in [0.05, 0.1) is 19.4 Å². The van der Waals surface area contributed by atoms with Gasteiger partial charge >= 0.3 is 6.18 Å². The number of nitrogens with zero attached hydrogens (tertiary/aromatic N) is 1. The van der Waals surface area contributed by atoms with E-state index in [2.05, 4.69) is 0 Å². The van der Waals surface area contributed by atoms with E-state index in [1.165, 1.54) is 43.6 Å². The molecule has 3 aromatic rings. The van der Waals surface area contributed by atoms with Crippen LogP contribution in [0.3, 0.4) is 0 Å². The number of alkyl halides is 3. The van der Waals surface area contributed by atoms with Crippen LogP contribution in [0.5, 0.6) is 17.2 Å². The van der Waals surface area contributed by atoms with Crippen LogP contribution in [0.1, 0.15) is 49.9 Å². The summed E-state index contributed by atoms with van der Waals surface area (Å²) in [6.07, 6.45) is -0.0924. The van der Waals surface area contributed by atoms with Gasteiger partial charge in [-0.1, -0.05) is 19.1 Å². The van der Waals surface area contributed by atoms with Crippen molar-refractivity contribution in [3.63, 3.8) is 0 Å². The maximum absolute atomic E-state index is 13.9. The molecule has 41 heavy (non-hydrogen) atoms. The third-order valence-corrected chi connectivity index (χ3v) is 6.70. The second-order valence-electron chi connectivity index (χ2n) is 9.66. The summed E-state index contributed by atoms with van der Waals surface area (Å²) in [5.74, 6) is -1.07. The minimum atomic E-state index is -4.50. The number of aromatic nitrogens is 1. The van der Waals surface area contributed by atoms with E-state index < -0.39 is 30.1 Å². The highest BCUT2D eigenvalue weighted by atomic mass is 19.4. The topological polar surface area (TPSA) is 75.8 Å². The quantitative estimate of drug-likeness (QED) is 0.269. The molecule has 1 aromatic heterocycles. The van der Waals surface area contributed by atoms with Gasteiger partial charge in [0, 0.05) is 24.7 Å². The van der Waals surface area contributed by atoms with Gasteiger partial charge in [-0.15, -0.1) is 0 Å². The first-order valence-corrected chi connectivity index (χ1v) is 13.2. The molecule has 4 rings (SSSR count). The number of benzene rings is 2. The lowest BCUT2D eigenvalue weighted by molar-refractivity contribution is -0.151. The van der Waals surface area contributed by atoms with Crippen LogP contribution in [0.2, 0.25) is 0 Å². The maximum atomic E-state index is 13.9. The number of rotatable bonds is 9. The Morgan fingerprint density at radius 3 is 2.32 bits per heavy atom. The van der Waals surface area contributed by atoms with E-state index in [0.717, 1.165) is 12.0 Å². The smallest absolute Gasteiger partial charge is 0.399 e. The zero-order valence-corrected chi connectivity index (χ0v) is 23.8. The number of hydrogen-bond donors (Lipinski definition) is 1. The van der Waals surface area contributed by atoms with Crippen molar-refractivity contribution in [1.29, 1.82) is 0 Å². The van der Waals surface area contributed by atoms with Crippen molar-refractivity contribution < 1.29 is 36.5 Å². The minimum absolute atomic E-state index is 0.0130. The van der Waals surface area contributed by atoms with Crippen LogP contribution >= 0.6 is 0 Å². The Hall–Kier alpha value is -3.79. The molecule has 10 heteroatoms. The minimum Gasteiger partial charge on any atom is -0.493 e. The second kappa shape index (κ2) is 13.7. The Morgan fingerprint density at radius 1 is 1.07 bits per heavy atom. The Morgan fingerprint density at radius 2 is 1.76 bits per heavy atom. The van der Waals surface area contributed by atoms with E-state index in [1.807, 2.05) is 26.0 Å². The molecule has 2 unspecified atom stereocenters. The summed E-state index contributed by atoms with van der Waals surface area (Å²) < 4.78 is 77.8. The average molecular weight is 577 g/mol. The van der Waals surface area contributed by atoms with Gasteiger partial charge in [-0.2, -0.15) is 13.2 Å². The van der Waals surface area contributed by atoms with E-state index in [0.29, 0.717) is 35.8 Å². The Kier molecular flexibility index (Phi) is 10.6. The predicted molar refractivity (Wildman–Crippen MR) is 150 cm³/mol. The van der Waals surface area contributed by atoms with Gasteiger partial charge < -0.3 is 24.7 Å². The fraction of sp³-hybridized carbons (Fsp3) is 0.387. The van der Waals surface area contributed by atoms with Crippen LogP contribution in [0, 0.1) is 5.82 Å². The number of pyridine rings is 1. The fourth-order valence-electron chi connectivity index (χ4n) is 4.38. The molecule has 0 aliphatic carbocycles. The monoisotopic (exact) mass is 576 g/mol. The summed E-state index contributed by atoms with van der Waals surface area (Å²) in [7, 11) is 3.03. The molecule has 6 nitrogen and oxygen atoms in total. The first kappa shape index (κ1) is 31.7. The number of halogens is 4. The van der Waals surface area contributed by atoms with Gasteiger partial charge in [-0.25, -0.2) is 9.37 Å². The summed E-state index contributed by atoms with van der Waals surface area (Å²) in [5, 5.41) is 0. The first-order valence-electron chi connectivity index (χ1n) is 13.2. The predicted octanol–water partition coefficient (Wildman–Crippen LogP) is 7.31. The summed E-state index contributed by atoms with van der Waals surface area (Å²) in [6, 6.07) is 12.3. The largest absolute Gasteiger partial charge is 0.493 e. The van der Waals surface area contributed by atoms with Crippen LogP contribution in [0.15, 0.2) is 60.8 Å². The number of ether oxygens (including phenoxy) is 4. The van der Waals surface area contributed by atoms with Crippen molar-refractivity contribution in [2.24, 2.45) is 5.73 Å². The van der Waals surface area contributed by atoms with Crippen molar-refractivity contribution in [2.45, 2.75) is 51.3 Å². The average Bonchev–Trinajstić information content (AvgIpc) is 3.41. The number of allylic oxidation sites excluding steroid dienone is 1. The van der Waals surface area contributed by atoms with E-state index in [1.54, 1.807) is 26.2 Å². The van der Waals surface area contributed by atoms with Gasteiger partial charge in [0.25, 0.3) is 0 Å². The zero-order valence-electron chi connectivity index (χ0n) is 23.8. The lowest BCUT2D eigenvalue weighted by Crippen LogP contribution is -2.29. The normalized spacial score (nSPS) is 15.9. The van der Waals surface area contributed by atoms with Gasteiger partial charge in [0.1, 0.15) is 35.4 Å². The molecule has 2 atom stereocenters. The molecule has 222 valence electrons. The standard InChI is InChI=1S/C28H29F4NO4.C3H7N/c1-5-12-36-22-11-6-17(13-23(22)34-3)15-27(2,35-4)24-14-20-21(28(30,31)32)16-37-26(20)25(33-24)18-7-9-19(29)10-8-18;1-2-3-4/h6-11,13-14,21H,5,12,15-16H2,1-4H3;2-3H,4H2,1H3/b;3-2-. The number of nitrogens with two attached hydrogens (primary N) is 1. The SMILES string of the molecule is C/C=C\N.CCCOc1ccc(CC(C)(OC)c2cc3c(c(-c4ccc(F)cc4)n2)OCC3C(F)(F)F)cc1OC. The van der Waals surface area contributed by atoms with Crippen molar-refractivity contribution in [3.8, 4) is 28.5 Å². The molecule has 0 amide bonds. The maximum Gasteiger partial charge on any atom is 0.399 e. The summed E-state index contributed by atoms with van der Waals surface area (Å²) in [4.78, 5) is 4.70. The van der Waals surface area contributed by atoms with Crippen LogP contribution in [-0.2, 0) is 16.8 Å². The van der Waals surface area contributed by atoms with Gasteiger partial charge in [-0.3, -0.25) is 0 Å². The van der Waals surface area contributed by atoms with Gasteiger partial charge in [0.15, 0.2) is 11.5 Å². The summed E-state index contributed by atoms with van der Waals surface area (Å²) >= 11 is 0. The number of hydrogen-bond acceptors (Lipinski definition) is 6. The summed E-state index contributed by atoms with van der Waals surface area (Å²) in [5.41, 5.74) is 5.51. The van der Waals surface area contributed by atoms with E-state index in [4.69, 9.17) is 29.7 Å². The van der Waals surface area contributed by atoms with E-state index >= 15 is 0 Å². The van der Waals surface area contributed by atoms with Crippen molar-refractivity contribution in [2.75, 3.05) is 27.4 Å². The third-order valence-electron chi connectivity index (χ3n) is 6.70. The van der Waals surface area contributed by atoms with E-state index in [9.17, 15) is 17.6 Å². The molecule has 0 saturated carbocycles. The van der Waals surface area contributed by atoms with Crippen LogP contribution in [0.25, 0.3) is 11.3 Å². The number of fused-ring (bicyclic) bond motifs is 1. The molecule has 2 heterocycles.